The summed E-state index contributed by atoms with van der Waals surface area (Å²) in [5.41, 5.74) is 6.73. The molecule has 0 atom stereocenters. The Morgan fingerprint density at radius 2 is 1.75 bits per heavy atom. The monoisotopic (exact) mass is 340 g/mol. The van der Waals surface area contributed by atoms with Crippen molar-refractivity contribution in [1.29, 1.82) is 0 Å². The number of hydrogen-bond donors (Lipinski definition) is 2. The number of H-pyrrole nitrogens is 1. The summed E-state index contributed by atoms with van der Waals surface area (Å²) in [5, 5.41) is 7.86. The number of rotatable bonds is 4. The van der Waals surface area contributed by atoms with Crippen LogP contribution in [0.3, 0.4) is 0 Å². The molecule has 3 rings (SSSR count). The molecular formula is C18H17ClN4O. The lowest BCUT2D eigenvalue weighted by molar-refractivity contribution is 0.835. The fraction of sp³-hybridized carbons (Fsp3) is 0.111. The summed E-state index contributed by atoms with van der Waals surface area (Å²) in [7, 11) is 0. The largest absolute Gasteiger partial charge is 0.295 e. The van der Waals surface area contributed by atoms with Gasteiger partial charge in [-0.05, 0) is 50.2 Å². The fourth-order valence-electron chi connectivity index (χ4n) is 2.28. The normalized spacial score (nSPS) is 11.1. The smallest absolute Gasteiger partial charge is 0.280 e. The van der Waals surface area contributed by atoms with Crippen molar-refractivity contribution in [3.05, 3.63) is 80.7 Å². The number of halogens is 1. The zero-order valence-corrected chi connectivity index (χ0v) is 14.1. The van der Waals surface area contributed by atoms with Gasteiger partial charge < -0.3 is 0 Å². The van der Waals surface area contributed by atoms with Gasteiger partial charge in [0, 0.05) is 10.7 Å². The summed E-state index contributed by atoms with van der Waals surface area (Å²) in [6, 6.07) is 14.9. The second-order valence-electron chi connectivity index (χ2n) is 5.50. The van der Waals surface area contributed by atoms with Gasteiger partial charge in [0.25, 0.3) is 5.56 Å². The van der Waals surface area contributed by atoms with Gasteiger partial charge in [-0.25, -0.2) is 4.68 Å². The van der Waals surface area contributed by atoms with Crippen LogP contribution in [0.5, 0.6) is 0 Å². The van der Waals surface area contributed by atoms with Crippen LogP contribution in [0.4, 0.5) is 5.69 Å². The molecule has 0 saturated heterocycles. The summed E-state index contributed by atoms with van der Waals surface area (Å²) in [6.07, 6.45) is 1.52. The maximum Gasteiger partial charge on any atom is 0.280 e. The highest BCUT2D eigenvalue weighted by molar-refractivity contribution is 6.30. The van der Waals surface area contributed by atoms with Crippen molar-refractivity contribution in [3.8, 4) is 5.69 Å². The number of nitrogens with zero attached hydrogens (tertiary/aromatic N) is 2. The zero-order chi connectivity index (χ0) is 17.1. The van der Waals surface area contributed by atoms with Crippen LogP contribution >= 0.6 is 11.6 Å². The molecule has 1 aromatic heterocycles. The van der Waals surface area contributed by atoms with Crippen LogP contribution in [0.2, 0.25) is 5.02 Å². The highest BCUT2D eigenvalue weighted by Crippen LogP contribution is 2.13. The topological polar surface area (TPSA) is 62.2 Å². The Morgan fingerprint density at radius 1 is 1.08 bits per heavy atom. The van der Waals surface area contributed by atoms with Crippen LogP contribution < -0.4 is 11.0 Å². The molecule has 0 aliphatic carbocycles. The minimum Gasteiger partial charge on any atom is -0.295 e. The first-order valence-electron chi connectivity index (χ1n) is 7.48. The molecule has 5 nitrogen and oxygen atoms in total. The minimum atomic E-state index is -0.141. The van der Waals surface area contributed by atoms with Crippen molar-refractivity contribution < 1.29 is 0 Å². The van der Waals surface area contributed by atoms with Crippen LogP contribution in [0.15, 0.2) is 58.4 Å². The van der Waals surface area contributed by atoms with E-state index in [1.807, 2.05) is 50.2 Å². The maximum atomic E-state index is 12.6. The van der Waals surface area contributed by atoms with Crippen LogP contribution in [-0.2, 0) is 0 Å². The van der Waals surface area contributed by atoms with E-state index in [-0.39, 0.29) is 5.56 Å². The van der Waals surface area contributed by atoms with E-state index in [1.54, 1.807) is 12.1 Å². The third-order valence-corrected chi connectivity index (χ3v) is 3.89. The number of aromatic amines is 1. The Bertz CT molecular complexity index is 921. The molecule has 2 N–H and O–H groups in total. The number of aromatic nitrogens is 2. The Hall–Kier alpha value is -2.79. The van der Waals surface area contributed by atoms with E-state index in [4.69, 9.17) is 11.6 Å². The van der Waals surface area contributed by atoms with E-state index in [2.05, 4.69) is 15.6 Å². The molecule has 3 aromatic rings. The maximum absolute atomic E-state index is 12.6. The van der Waals surface area contributed by atoms with Gasteiger partial charge in [-0.2, -0.15) is 5.10 Å². The number of nitrogens with one attached hydrogen (secondary N) is 2. The average molecular weight is 341 g/mol. The number of hydrogen-bond acceptors (Lipinski definition) is 3. The average Bonchev–Trinajstić information content (AvgIpc) is 2.85. The quantitative estimate of drug-likeness (QED) is 0.559. The first-order valence-corrected chi connectivity index (χ1v) is 7.86. The van der Waals surface area contributed by atoms with Crippen LogP contribution in [0.25, 0.3) is 5.69 Å². The summed E-state index contributed by atoms with van der Waals surface area (Å²) < 4.78 is 1.51. The Kier molecular flexibility index (Phi) is 4.53. The van der Waals surface area contributed by atoms with Gasteiger partial charge >= 0.3 is 0 Å². The van der Waals surface area contributed by atoms with Gasteiger partial charge in [0.2, 0.25) is 0 Å². The molecule has 0 saturated carbocycles. The van der Waals surface area contributed by atoms with Gasteiger partial charge in [0.15, 0.2) is 0 Å². The highest BCUT2D eigenvalue weighted by Gasteiger charge is 2.10. The second-order valence-corrected chi connectivity index (χ2v) is 5.94. The van der Waals surface area contributed by atoms with E-state index in [0.29, 0.717) is 10.6 Å². The number of hydrazone groups is 1. The van der Waals surface area contributed by atoms with Crippen molar-refractivity contribution in [2.75, 3.05) is 5.43 Å². The van der Waals surface area contributed by atoms with E-state index < -0.39 is 0 Å². The van der Waals surface area contributed by atoms with Gasteiger partial charge in [0.1, 0.15) is 0 Å². The summed E-state index contributed by atoms with van der Waals surface area (Å²) in [5.74, 6) is 0. The van der Waals surface area contributed by atoms with Crippen molar-refractivity contribution in [1.82, 2.24) is 9.78 Å². The third-order valence-electron chi connectivity index (χ3n) is 3.64. The lowest BCUT2D eigenvalue weighted by Crippen LogP contribution is -2.17. The second kappa shape index (κ2) is 6.76. The lowest BCUT2D eigenvalue weighted by atomic mass is 10.2. The van der Waals surface area contributed by atoms with Crippen LogP contribution in [0.1, 0.15) is 16.8 Å². The molecule has 0 unspecified atom stereocenters. The molecule has 2 aromatic carbocycles. The molecule has 0 spiro atoms. The molecule has 0 bridgehead atoms. The van der Waals surface area contributed by atoms with Gasteiger partial charge in [-0.3, -0.25) is 15.3 Å². The van der Waals surface area contributed by atoms with Gasteiger partial charge in [0.05, 0.1) is 23.2 Å². The standard InChI is InChI=1S/C18H17ClN4O/c1-12-3-9-16(10-4-12)23-18(24)17(13(2)22-23)11-20-21-15-7-5-14(19)6-8-15/h3-11,21-22H,1-2H3. The highest BCUT2D eigenvalue weighted by atomic mass is 35.5. The number of anilines is 1. The van der Waals surface area contributed by atoms with Gasteiger partial charge in [-0.1, -0.05) is 29.3 Å². The van der Waals surface area contributed by atoms with Crippen molar-refractivity contribution >= 4 is 23.5 Å². The number of aryl methyl sites for hydroxylation is 2. The number of benzene rings is 2. The Morgan fingerprint density at radius 3 is 2.42 bits per heavy atom. The zero-order valence-electron chi connectivity index (χ0n) is 13.4. The molecule has 0 fully saturated rings. The van der Waals surface area contributed by atoms with Gasteiger partial charge in [-0.15, -0.1) is 0 Å². The van der Waals surface area contributed by atoms with Crippen molar-refractivity contribution in [2.45, 2.75) is 13.8 Å². The molecule has 1 heterocycles. The van der Waals surface area contributed by atoms with E-state index in [0.717, 1.165) is 22.6 Å². The van der Waals surface area contributed by atoms with Crippen molar-refractivity contribution in [3.63, 3.8) is 0 Å². The molecule has 0 amide bonds. The van der Waals surface area contributed by atoms with E-state index >= 15 is 0 Å². The molecule has 0 aliphatic heterocycles. The molecule has 0 aliphatic rings. The molecule has 0 radical (unpaired) electrons. The van der Waals surface area contributed by atoms with Crippen molar-refractivity contribution in [2.24, 2.45) is 5.10 Å². The Balaban J connectivity index is 1.84. The summed E-state index contributed by atoms with van der Waals surface area (Å²) in [6.45, 7) is 3.85. The molecule has 122 valence electrons. The first kappa shape index (κ1) is 16.1. The predicted octanol–water partition coefficient (Wildman–Crippen LogP) is 3.88. The Labute approximate surface area is 144 Å². The van der Waals surface area contributed by atoms with Crippen LogP contribution in [-0.4, -0.2) is 16.0 Å². The molecular weight excluding hydrogens is 324 g/mol. The van der Waals surface area contributed by atoms with Crippen LogP contribution in [0, 0.1) is 13.8 Å². The van der Waals surface area contributed by atoms with E-state index in [1.165, 1.54) is 10.9 Å². The molecule has 6 heteroatoms. The first-order chi connectivity index (χ1) is 11.5. The predicted molar refractivity (Wildman–Crippen MR) is 98.5 cm³/mol. The van der Waals surface area contributed by atoms with E-state index in [9.17, 15) is 4.79 Å². The third kappa shape index (κ3) is 3.41. The minimum absolute atomic E-state index is 0.141. The fourth-order valence-corrected chi connectivity index (χ4v) is 2.41. The lowest BCUT2D eigenvalue weighted by Gasteiger charge is -2.01. The summed E-state index contributed by atoms with van der Waals surface area (Å²) in [4.78, 5) is 12.6. The SMILES string of the molecule is Cc1ccc(-n2[nH]c(C)c(C=NNc3ccc(Cl)cc3)c2=O)cc1. The molecule has 24 heavy (non-hydrogen) atoms. The summed E-state index contributed by atoms with van der Waals surface area (Å²) >= 11 is 5.84.